The number of thioether (sulfide) groups is 1. The van der Waals surface area contributed by atoms with Crippen LogP contribution < -0.4 is 0 Å². The smallest absolute Gasteiger partial charge is 0.0803 e. The first-order chi connectivity index (χ1) is 6.45. The number of nitrogens with zero attached hydrogens (tertiary/aromatic N) is 1. The van der Waals surface area contributed by atoms with E-state index in [0.29, 0.717) is 0 Å². The Morgan fingerprint density at radius 1 is 1.23 bits per heavy atom. The van der Waals surface area contributed by atoms with Gasteiger partial charge in [-0.2, -0.15) is 0 Å². The van der Waals surface area contributed by atoms with Gasteiger partial charge in [0.15, 0.2) is 0 Å². The fourth-order valence-electron chi connectivity index (χ4n) is 1.00. The molecule has 13 heavy (non-hydrogen) atoms. The molecule has 0 unspecified atom stereocenters. The average Bonchev–Trinajstić information content (AvgIpc) is 2.69. The molecule has 3 heteroatoms. The maximum Gasteiger partial charge on any atom is 0.0803 e. The summed E-state index contributed by atoms with van der Waals surface area (Å²) in [6, 6.07) is 10.5. The normalized spacial score (nSPS) is 10.2. The van der Waals surface area contributed by atoms with Gasteiger partial charge >= 0.3 is 0 Å². The molecule has 0 aliphatic heterocycles. The Labute approximate surface area is 85.8 Å². The maximum absolute atomic E-state index is 4.03. The predicted octanol–water partition coefficient (Wildman–Crippen LogP) is 3.44. The molecule has 1 heterocycles. The Bertz CT molecular complexity index is 342. The molecule has 0 bridgehead atoms. The van der Waals surface area contributed by atoms with Gasteiger partial charge in [0.05, 0.1) is 15.9 Å². The van der Waals surface area contributed by atoms with Crippen molar-refractivity contribution in [3.8, 4) is 0 Å². The van der Waals surface area contributed by atoms with Crippen molar-refractivity contribution in [2.45, 2.75) is 9.96 Å². The van der Waals surface area contributed by atoms with E-state index in [4.69, 9.17) is 0 Å². The molecule has 0 aliphatic carbocycles. The van der Waals surface area contributed by atoms with Gasteiger partial charge in [-0.1, -0.05) is 30.3 Å². The van der Waals surface area contributed by atoms with Gasteiger partial charge < -0.3 is 0 Å². The lowest BCUT2D eigenvalue weighted by Gasteiger charge is -1.97. The number of benzene rings is 1. The largest absolute Gasteiger partial charge is 0.252 e. The summed E-state index contributed by atoms with van der Waals surface area (Å²) in [6.45, 7) is 0. The van der Waals surface area contributed by atoms with E-state index >= 15 is 0 Å². The van der Waals surface area contributed by atoms with E-state index in [1.807, 2.05) is 29.5 Å². The average molecular weight is 207 g/mol. The van der Waals surface area contributed by atoms with Crippen molar-refractivity contribution < 1.29 is 0 Å². The van der Waals surface area contributed by atoms with E-state index in [0.717, 1.165) is 5.75 Å². The Hall–Kier alpha value is -0.800. The highest BCUT2D eigenvalue weighted by Crippen LogP contribution is 2.25. The molecule has 1 aromatic heterocycles. The fourth-order valence-corrected chi connectivity index (χ4v) is 2.57. The second-order valence-corrected chi connectivity index (χ2v) is 4.76. The minimum atomic E-state index is 1.03. The Kier molecular flexibility index (Phi) is 3.00. The summed E-state index contributed by atoms with van der Waals surface area (Å²) in [5.74, 6) is 1.03. The third-order valence-corrected chi connectivity index (χ3v) is 3.71. The summed E-state index contributed by atoms with van der Waals surface area (Å²) in [4.78, 5) is 4.03. The highest BCUT2D eigenvalue weighted by molar-refractivity contribution is 8.00. The molecule has 0 aliphatic rings. The van der Waals surface area contributed by atoms with E-state index in [1.165, 1.54) is 9.77 Å². The highest BCUT2D eigenvalue weighted by atomic mass is 32.2. The molecule has 66 valence electrons. The standard InChI is InChI=1S/C10H9NS2/c1-2-4-9(5-3-1)7-12-10-6-11-8-13-10/h1-6,8H,7H2. The zero-order valence-electron chi connectivity index (χ0n) is 7.01. The van der Waals surface area contributed by atoms with Crippen molar-refractivity contribution in [2.24, 2.45) is 0 Å². The van der Waals surface area contributed by atoms with E-state index in [-0.39, 0.29) is 0 Å². The number of hydrogen-bond acceptors (Lipinski definition) is 3. The lowest BCUT2D eigenvalue weighted by atomic mass is 10.2. The topological polar surface area (TPSA) is 12.9 Å². The highest BCUT2D eigenvalue weighted by Gasteiger charge is 1.95. The van der Waals surface area contributed by atoms with Gasteiger partial charge in [0.25, 0.3) is 0 Å². The van der Waals surface area contributed by atoms with E-state index < -0.39 is 0 Å². The molecular formula is C10H9NS2. The van der Waals surface area contributed by atoms with Crippen molar-refractivity contribution in [3.63, 3.8) is 0 Å². The Morgan fingerprint density at radius 3 is 2.77 bits per heavy atom. The maximum atomic E-state index is 4.03. The van der Waals surface area contributed by atoms with Crippen molar-refractivity contribution in [3.05, 3.63) is 47.6 Å². The quantitative estimate of drug-likeness (QED) is 0.715. The summed E-state index contributed by atoms with van der Waals surface area (Å²) in [7, 11) is 0. The van der Waals surface area contributed by atoms with Gasteiger partial charge in [0.2, 0.25) is 0 Å². The molecule has 0 radical (unpaired) electrons. The lowest BCUT2D eigenvalue weighted by molar-refractivity contribution is 1.36. The summed E-state index contributed by atoms with van der Waals surface area (Å²) >= 11 is 3.53. The van der Waals surface area contributed by atoms with E-state index in [2.05, 4.69) is 29.2 Å². The first kappa shape index (κ1) is 8.78. The van der Waals surface area contributed by atoms with Crippen molar-refractivity contribution in [1.29, 1.82) is 0 Å². The second-order valence-electron chi connectivity index (χ2n) is 2.59. The minimum absolute atomic E-state index is 1.03. The van der Waals surface area contributed by atoms with Crippen LogP contribution in [0.5, 0.6) is 0 Å². The SMILES string of the molecule is c1ccc(CSc2cncs2)cc1. The molecule has 0 N–H and O–H groups in total. The van der Waals surface area contributed by atoms with Gasteiger partial charge in [-0.05, 0) is 5.56 Å². The van der Waals surface area contributed by atoms with Crippen molar-refractivity contribution in [2.75, 3.05) is 0 Å². The first-order valence-corrected chi connectivity index (χ1v) is 5.87. The molecule has 2 aromatic rings. The van der Waals surface area contributed by atoms with Crippen LogP contribution in [0.2, 0.25) is 0 Å². The molecule has 0 fully saturated rings. The van der Waals surface area contributed by atoms with Crippen LogP contribution in [0.4, 0.5) is 0 Å². The minimum Gasteiger partial charge on any atom is -0.252 e. The van der Waals surface area contributed by atoms with Crippen LogP contribution in [-0.4, -0.2) is 4.98 Å². The van der Waals surface area contributed by atoms with Crippen LogP contribution in [0.3, 0.4) is 0 Å². The molecule has 0 saturated heterocycles. The molecule has 2 rings (SSSR count). The third-order valence-electron chi connectivity index (χ3n) is 1.63. The zero-order chi connectivity index (χ0) is 8.93. The summed E-state index contributed by atoms with van der Waals surface area (Å²) in [6.07, 6.45) is 1.91. The van der Waals surface area contributed by atoms with Gasteiger partial charge in [-0.3, -0.25) is 4.98 Å². The first-order valence-electron chi connectivity index (χ1n) is 4.00. The van der Waals surface area contributed by atoms with Gasteiger partial charge in [-0.15, -0.1) is 23.1 Å². The molecule has 1 aromatic carbocycles. The molecule has 1 nitrogen and oxygen atoms in total. The van der Waals surface area contributed by atoms with Crippen LogP contribution in [-0.2, 0) is 5.75 Å². The van der Waals surface area contributed by atoms with Gasteiger partial charge in [0, 0.05) is 5.75 Å². The van der Waals surface area contributed by atoms with Crippen LogP contribution in [0.15, 0.2) is 46.2 Å². The van der Waals surface area contributed by atoms with Crippen LogP contribution in [0, 0.1) is 0 Å². The lowest BCUT2D eigenvalue weighted by Crippen LogP contribution is -1.76. The van der Waals surface area contributed by atoms with Crippen molar-refractivity contribution >= 4 is 23.1 Å². The summed E-state index contributed by atoms with van der Waals surface area (Å²) in [5, 5.41) is 0. The van der Waals surface area contributed by atoms with Crippen LogP contribution in [0.25, 0.3) is 0 Å². The molecular weight excluding hydrogens is 198 g/mol. The monoisotopic (exact) mass is 207 g/mol. The molecule has 0 atom stereocenters. The molecule has 0 amide bonds. The zero-order valence-corrected chi connectivity index (χ0v) is 8.65. The Morgan fingerprint density at radius 2 is 2.08 bits per heavy atom. The van der Waals surface area contributed by atoms with Crippen LogP contribution >= 0.6 is 23.1 Å². The molecule has 0 spiro atoms. The summed E-state index contributed by atoms with van der Waals surface area (Å²) in [5.41, 5.74) is 3.23. The number of rotatable bonds is 3. The fraction of sp³-hybridized carbons (Fsp3) is 0.100. The molecule has 0 saturated carbocycles. The predicted molar refractivity (Wildman–Crippen MR) is 58.1 cm³/mol. The number of hydrogen-bond donors (Lipinski definition) is 0. The Balaban J connectivity index is 1.94. The summed E-state index contributed by atoms with van der Waals surface area (Å²) < 4.78 is 1.28. The van der Waals surface area contributed by atoms with Crippen LogP contribution in [0.1, 0.15) is 5.56 Å². The van der Waals surface area contributed by atoms with Gasteiger partial charge in [0.1, 0.15) is 0 Å². The van der Waals surface area contributed by atoms with E-state index in [1.54, 1.807) is 11.3 Å². The second kappa shape index (κ2) is 4.44. The number of aromatic nitrogens is 1. The van der Waals surface area contributed by atoms with Crippen molar-refractivity contribution in [1.82, 2.24) is 4.98 Å². The number of thiazole rings is 1. The van der Waals surface area contributed by atoms with Gasteiger partial charge in [-0.25, -0.2) is 0 Å². The third kappa shape index (κ3) is 2.57. The van der Waals surface area contributed by atoms with E-state index in [9.17, 15) is 0 Å².